The lowest BCUT2D eigenvalue weighted by atomic mass is 10.2. The molecule has 0 fully saturated rings. The van der Waals surface area contributed by atoms with Crippen LogP contribution in [0.3, 0.4) is 0 Å². The van der Waals surface area contributed by atoms with Crippen molar-refractivity contribution in [2.75, 3.05) is 7.11 Å². The van der Waals surface area contributed by atoms with Gasteiger partial charge in [0.15, 0.2) is 0 Å². The Labute approximate surface area is 132 Å². The molecule has 106 valence electrons. The van der Waals surface area contributed by atoms with E-state index >= 15 is 0 Å². The predicted octanol–water partition coefficient (Wildman–Crippen LogP) is 5.47. The molecule has 0 saturated heterocycles. The van der Waals surface area contributed by atoms with E-state index in [0.717, 1.165) is 14.5 Å². The van der Waals surface area contributed by atoms with Gasteiger partial charge in [-0.05, 0) is 65.1 Å². The van der Waals surface area contributed by atoms with E-state index in [1.54, 1.807) is 6.07 Å². The maximum Gasteiger partial charge on any atom is 0.420 e. The summed E-state index contributed by atoms with van der Waals surface area (Å²) in [5, 5.41) is 0. The van der Waals surface area contributed by atoms with E-state index in [-0.39, 0.29) is 5.75 Å². The maximum absolute atomic E-state index is 12.9. The molecule has 0 aliphatic carbocycles. The lowest BCUT2D eigenvalue weighted by Gasteiger charge is -2.13. The molecular formula is C14H10F3IOS. The Balaban J connectivity index is 2.31. The van der Waals surface area contributed by atoms with E-state index in [1.807, 2.05) is 24.3 Å². The molecule has 0 aliphatic heterocycles. The van der Waals surface area contributed by atoms with Crippen LogP contribution < -0.4 is 4.74 Å². The summed E-state index contributed by atoms with van der Waals surface area (Å²) in [5.41, 5.74) is -0.754. The smallest absolute Gasteiger partial charge is 0.420 e. The van der Waals surface area contributed by atoms with Gasteiger partial charge in [-0.3, -0.25) is 0 Å². The lowest BCUT2D eigenvalue weighted by Crippen LogP contribution is -2.07. The quantitative estimate of drug-likeness (QED) is 0.621. The summed E-state index contributed by atoms with van der Waals surface area (Å²) in [4.78, 5) is 1.42. The molecule has 0 N–H and O–H groups in total. The SMILES string of the molecule is COc1ccc(Sc2ccc(I)cc2)cc1C(F)(F)F. The highest BCUT2D eigenvalue weighted by Crippen LogP contribution is 2.39. The number of benzene rings is 2. The van der Waals surface area contributed by atoms with Crippen LogP contribution in [0.5, 0.6) is 5.75 Å². The van der Waals surface area contributed by atoms with Gasteiger partial charge in [-0.2, -0.15) is 13.2 Å². The van der Waals surface area contributed by atoms with Crippen LogP contribution in [0, 0.1) is 3.57 Å². The minimum absolute atomic E-state index is 0.163. The summed E-state index contributed by atoms with van der Waals surface area (Å²) >= 11 is 3.46. The summed E-state index contributed by atoms with van der Waals surface area (Å²) < 4.78 is 44.6. The van der Waals surface area contributed by atoms with E-state index in [0.29, 0.717) is 4.90 Å². The first-order valence-corrected chi connectivity index (χ1v) is 7.48. The number of halogens is 4. The fraction of sp³-hybridized carbons (Fsp3) is 0.143. The maximum atomic E-state index is 12.9. The molecule has 0 aliphatic rings. The molecule has 0 spiro atoms. The Bertz CT molecular complexity index is 596. The molecule has 0 aromatic heterocycles. The second-order valence-electron chi connectivity index (χ2n) is 3.92. The Kier molecular flexibility index (Phi) is 4.85. The van der Waals surface area contributed by atoms with Crippen LogP contribution >= 0.6 is 34.4 Å². The van der Waals surface area contributed by atoms with Gasteiger partial charge in [-0.1, -0.05) is 11.8 Å². The normalized spacial score (nSPS) is 11.4. The Morgan fingerprint density at radius 3 is 2.15 bits per heavy atom. The number of hydrogen-bond acceptors (Lipinski definition) is 2. The first-order chi connectivity index (χ1) is 9.40. The van der Waals surface area contributed by atoms with E-state index in [1.165, 1.54) is 24.9 Å². The highest BCUT2D eigenvalue weighted by molar-refractivity contribution is 14.1. The molecule has 2 aromatic rings. The van der Waals surface area contributed by atoms with Crippen LogP contribution in [0.2, 0.25) is 0 Å². The minimum Gasteiger partial charge on any atom is -0.496 e. The van der Waals surface area contributed by atoms with Gasteiger partial charge in [-0.15, -0.1) is 0 Å². The van der Waals surface area contributed by atoms with Crippen molar-refractivity contribution in [1.29, 1.82) is 0 Å². The summed E-state index contributed by atoms with van der Waals surface area (Å²) in [6.07, 6.45) is -4.42. The molecule has 2 rings (SSSR count). The third-order valence-corrected chi connectivity index (χ3v) is 4.24. The number of ether oxygens (including phenoxy) is 1. The molecule has 6 heteroatoms. The Hall–Kier alpha value is -0.890. The summed E-state index contributed by atoms with van der Waals surface area (Å²) in [6.45, 7) is 0. The first-order valence-electron chi connectivity index (χ1n) is 5.59. The second-order valence-corrected chi connectivity index (χ2v) is 6.31. The summed E-state index contributed by atoms with van der Waals surface area (Å²) in [5.74, 6) is -0.163. The monoisotopic (exact) mass is 410 g/mol. The average Bonchev–Trinajstić information content (AvgIpc) is 2.40. The molecule has 0 heterocycles. The van der Waals surface area contributed by atoms with Crippen LogP contribution in [-0.4, -0.2) is 7.11 Å². The molecule has 0 radical (unpaired) electrons. The van der Waals surface area contributed by atoms with Crippen LogP contribution in [0.15, 0.2) is 52.3 Å². The number of alkyl halides is 3. The van der Waals surface area contributed by atoms with E-state index < -0.39 is 11.7 Å². The van der Waals surface area contributed by atoms with Gasteiger partial charge in [-0.25, -0.2) is 0 Å². The molecule has 0 unspecified atom stereocenters. The van der Waals surface area contributed by atoms with E-state index in [9.17, 15) is 13.2 Å². The van der Waals surface area contributed by atoms with Gasteiger partial charge < -0.3 is 4.74 Å². The summed E-state index contributed by atoms with van der Waals surface area (Å²) in [6, 6.07) is 11.7. The largest absolute Gasteiger partial charge is 0.496 e. The minimum atomic E-state index is -4.42. The van der Waals surface area contributed by atoms with Crippen molar-refractivity contribution in [3.05, 3.63) is 51.6 Å². The fourth-order valence-electron chi connectivity index (χ4n) is 1.61. The number of hydrogen-bond donors (Lipinski definition) is 0. The van der Waals surface area contributed by atoms with Gasteiger partial charge in [0.2, 0.25) is 0 Å². The van der Waals surface area contributed by atoms with Crippen LogP contribution in [0.25, 0.3) is 0 Å². The van der Waals surface area contributed by atoms with Crippen molar-refractivity contribution in [2.24, 2.45) is 0 Å². The third-order valence-electron chi connectivity index (χ3n) is 2.53. The highest BCUT2D eigenvalue weighted by atomic mass is 127. The third kappa shape index (κ3) is 3.82. The Morgan fingerprint density at radius 1 is 1.00 bits per heavy atom. The lowest BCUT2D eigenvalue weighted by molar-refractivity contribution is -0.138. The first kappa shape index (κ1) is 15.5. The number of rotatable bonds is 3. The van der Waals surface area contributed by atoms with Gasteiger partial charge in [0.1, 0.15) is 5.75 Å². The van der Waals surface area contributed by atoms with Crippen molar-refractivity contribution >= 4 is 34.4 Å². The number of methoxy groups -OCH3 is 1. The van der Waals surface area contributed by atoms with Gasteiger partial charge in [0.05, 0.1) is 12.7 Å². The van der Waals surface area contributed by atoms with Crippen molar-refractivity contribution in [3.8, 4) is 5.75 Å². The average molecular weight is 410 g/mol. The van der Waals surface area contributed by atoms with Crippen molar-refractivity contribution in [1.82, 2.24) is 0 Å². The molecule has 0 saturated carbocycles. The standard InChI is InChI=1S/C14H10F3IOS/c1-19-13-7-6-11(8-12(13)14(15,16)17)20-10-4-2-9(18)3-5-10/h2-8H,1H3. The highest BCUT2D eigenvalue weighted by Gasteiger charge is 2.34. The molecule has 1 nitrogen and oxygen atoms in total. The van der Waals surface area contributed by atoms with Crippen molar-refractivity contribution in [3.63, 3.8) is 0 Å². The van der Waals surface area contributed by atoms with Gasteiger partial charge in [0, 0.05) is 13.4 Å². The topological polar surface area (TPSA) is 9.23 Å². The van der Waals surface area contributed by atoms with Crippen LogP contribution in [0.1, 0.15) is 5.56 Å². The van der Waals surface area contributed by atoms with Crippen molar-refractivity contribution < 1.29 is 17.9 Å². The molecule has 0 bridgehead atoms. The molecular weight excluding hydrogens is 400 g/mol. The zero-order chi connectivity index (χ0) is 14.8. The van der Waals surface area contributed by atoms with Gasteiger partial charge in [0.25, 0.3) is 0 Å². The molecule has 2 aromatic carbocycles. The van der Waals surface area contributed by atoms with E-state index in [2.05, 4.69) is 22.6 Å². The summed E-state index contributed by atoms with van der Waals surface area (Å²) in [7, 11) is 1.23. The zero-order valence-corrected chi connectivity index (χ0v) is 13.3. The predicted molar refractivity (Wildman–Crippen MR) is 81.3 cm³/mol. The van der Waals surface area contributed by atoms with Gasteiger partial charge >= 0.3 is 6.18 Å². The van der Waals surface area contributed by atoms with Crippen LogP contribution in [0.4, 0.5) is 13.2 Å². The molecule has 20 heavy (non-hydrogen) atoms. The molecule has 0 atom stereocenters. The zero-order valence-electron chi connectivity index (χ0n) is 10.4. The Morgan fingerprint density at radius 2 is 1.60 bits per heavy atom. The fourth-order valence-corrected chi connectivity index (χ4v) is 2.83. The van der Waals surface area contributed by atoms with E-state index in [4.69, 9.17) is 4.74 Å². The molecule has 0 amide bonds. The second kappa shape index (κ2) is 6.26. The van der Waals surface area contributed by atoms with Crippen molar-refractivity contribution in [2.45, 2.75) is 16.0 Å². The van der Waals surface area contributed by atoms with Crippen LogP contribution in [-0.2, 0) is 6.18 Å².